The molecule has 2 heterocycles. The third-order valence-electron chi connectivity index (χ3n) is 2.96. The summed E-state index contributed by atoms with van der Waals surface area (Å²) in [5, 5.41) is 3.44. The second-order valence-electron chi connectivity index (χ2n) is 4.10. The van der Waals surface area contributed by atoms with E-state index in [0.717, 1.165) is 13.1 Å². The Labute approximate surface area is 100 Å². The summed E-state index contributed by atoms with van der Waals surface area (Å²) in [6.45, 7) is 2.00. The smallest absolute Gasteiger partial charge is 0.224 e. The van der Waals surface area contributed by atoms with Crippen LogP contribution in [0.25, 0.3) is 0 Å². The molecule has 1 saturated heterocycles. The van der Waals surface area contributed by atoms with Crippen LogP contribution in [0.4, 0.5) is 11.5 Å². The van der Waals surface area contributed by atoms with E-state index in [4.69, 9.17) is 17.3 Å². The summed E-state index contributed by atoms with van der Waals surface area (Å²) in [7, 11) is 2.13. The van der Waals surface area contributed by atoms with Crippen LogP contribution in [0, 0.1) is 0 Å². The van der Waals surface area contributed by atoms with Crippen LogP contribution in [0.3, 0.4) is 0 Å². The van der Waals surface area contributed by atoms with Gasteiger partial charge in [-0.1, -0.05) is 0 Å². The lowest BCUT2D eigenvalue weighted by molar-refractivity contribution is 0.322. The van der Waals surface area contributed by atoms with Crippen LogP contribution in [0.1, 0.15) is 12.8 Å². The molecule has 0 aromatic carbocycles. The van der Waals surface area contributed by atoms with Crippen LogP contribution in [0.5, 0.6) is 0 Å². The summed E-state index contributed by atoms with van der Waals surface area (Å²) in [6, 6.07) is 0.549. The molecule has 1 aliphatic rings. The first kappa shape index (κ1) is 11.4. The van der Waals surface area contributed by atoms with Crippen molar-refractivity contribution in [3.05, 3.63) is 11.5 Å². The van der Waals surface area contributed by atoms with Crippen LogP contribution < -0.4 is 11.1 Å². The molecule has 0 radical (unpaired) electrons. The molecule has 0 aliphatic carbocycles. The number of likely N-dealkylation sites (tertiary alicyclic amines) is 1. The van der Waals surface area contributed by atoms with Crippen molar-refractivity contribution in [3.8, 4) is 0 Å². The number of aromatic nitrogens is 2. The largest absolute Gasteiger partial charge is 0.394 e. The molecular formula is C10H16ClN5. The van der Waals surface area contributed by atoms with Gasteiger partial charge in [-0.25, -0.2) is 4.98 Å². The van der Waals surface area contributed by atoms with Gasteiger partial charge in [0, 0.05) is 12.6 Å². The molecule has 1 aromatic heterocycles. The number of anilines is 2. The second-order valence-corrected chi connectivity index (χ2v) is 4.44. The Morgan fingerprint density at radius 2 is 2.50 bits per heavy atom. The minimum Gasteiger partial charge on any atom is -0.394 e. The van der Waals surface area contributed by atoms with E-state index in [9.17, 15) is 0 Å². The zero-order valence-corrected chi connectivity index (χ0v) is 10.0. The van der Waals surface area contributed by atoms with E-state index in [1.165, 1.54) is 19.0 Å². The van der Waals surface area contributed by atoms with Crippen molar-refractivity contribution < 1.29 is 0 Å². The van der Waals surface area contributed by atoms with Gasteiger partial charge in [-0.3, -0.25) is 0 Å². The Bertz CT molecular complexity index is 370. The van der Waals surface area contributed by atoms with Crippen molar-refractivity contribution >= 4 is 23.1 Å². The van der Waals surface area contributed by atoms with Gasteiger partial charge < -0.3 is 16.0 Å². The third-order valence-corrected chi connectivity index (χ3v) is 3.15. The Morgan fingerprint density at radius 1 is 1.69 bits per heavy atom. The van der Waals surface area contributed by atoms with Gasteiger partial charge in [0.05, 0.1) is 11.9 Å². The van der Waals surface area contributed by atoms with Gasteiger partial charge in [-0.05, 0) is 38.0 Å². The Balaban J connectivity index is 1.96. The van der Waals surface area contributed by atoms with Crippen molar-refractivity contribution in [2.75, 3.05) is 31.2 Å². The quantitative estimate of drug-likeness (QED) is 0.779. The molecule has 1 unspecified atom stereocenters. The number of rotatable bonds is 3. The topological polar surface area (TPSA) is 67.1 Å². The molecule has 6 heteroatoms. The number of nitrogens with zero attached hydrogens (tertiary/aromatic N) is 3. The summed E-state index contributed by atoms with van der Waals surface area (Å²) in [5.41, 5.74) is 6.28. The zero-order valence-electron chi connectivity index (χ0n) is 9.28. The molecule has 1 atom stereocenters. The lowest BCUT2D eigenvalue weighted by Crippen LogP contribution is -2.31. The molecule has 88 valence electrons. The first-order valence-electron chi connectivity index (χ1n) is 5.39. The number of nitrogen functional groups attached to an aromatic ring is 1. The van der Waals surface area contributed by atoms with E-state index < -0.39 is 0 Å². The van der Waals surface area contributed by atoms with Gasteiger partial charge >= 0.3 is 0 Å². The monoisotopic (exact) mass is 241 g/mol. The first-order chi connectivity index (χ1) is 7.66. The molecule has 0 bridgehead atoms. The number of hydrogen-bond donors (Lipinski definition) is 2. The summed E-state index contributed by atoms with van der Waals surface area (Å²) < 4.78 is 0. The van der Waals surface area contributed by atoms with Crippen LogP contribution in [-0.2, 0) is 0 Å². The van der Waals surface area contributed by atoms with Gasteiger partial charge in [0.25, 0.3) is 0 Å². The highest BCUT2D eigenvalue weighted by molar-refractivity contribution is 6.28. The molecule has 3 N–H and O–H groups in total. The summed E-state index contributed by atoms with van der Waals surface area (Å²) in [5.74, 6) is 0.625. The number of halogens is 1. The number of nitrogens with two attached hydrogens (primary N) is 1. The second kappa shape index (κ2) is 4.84. The molecular weight excluding hydrogens is 226 g/mol. The highest BCUT2D eigenvalue weighted by atomic mass is 35.5. The fourth-order valence-electron chi connectivity index (χ4n) is 1.96. The van der Waals surface area contributed by atoms with Crippen LogP contribution in [0.15, 0.2) is 6.20 Å². The predicted octanol–water partition coefficient (Wildman–Crippen LogP) is 1.22. The lowest BCUT2D eigenvalue weighted by Gasteiger charge is -2.20. The zero-order chi connectivity index (χ0) is 11.5. The molecule has 5 nitrogen and oxygen atoms in total. The molecule has 0 spiro atoms. The minimum absolute atomic E-state index is 0.219. The molecule has 0 saturated carbocycles. The van der Waals surface area contributed by atoms with E-state index in [1.54, 1.807) is 0 Å². The van der Waals surface area contributed by atoms with E-state index in [2.05, 4.69) is 27.2 Å². The van der Waals surface area contributed by atoms with Crippen LogP contribution in [0.2, 0.25) is 5.28 Å². The number of hydrogen-bond acceptors (Lipinski definition) is 5. The fraction of sp³-hybridized carbons (Fsp3) is 0.600. The van der Waals surface area contributed by atoms with Crippen molar-refractivity contribution in [2.24, 2.45) is 0 Å². The molecule has 16 heavy (non-hydrogen) atoms. The van der Waals surface area contributed by atoms with E-state index >= 15 is 0 Å². The van der Waals surface area contributed by atoms with Crippen molar-refractivity contribution in [1.29, 1.82) is 0 Å². The normalized spacial score (nSPS) is 21.2. The van der Waals surface area contributed by atoms with E-state index in [0.29, 0.717) is 17.5 Å². The summed E-state index contributed by atoms with van der Waals surface area (Å²) in [4.78, 5) is 10.2. The Hall–Kier alpha value is -1.07. The SMILES string of the molecule is CN1CCCC1CNc1nc(Cl)ncc1N. The van der Waals surface area contributed by atoms with Gasteiger partial charge in [0.15, 0.2) is 5.82 Å². The average molecular weight is 242 g/mol. The summed E-state index contributed by atoms with van der Waals surface area (Å²) >= 11 is 5.71. The number of likely N-dealkylation sites (N-methyl/N-ethyl adjacent to an activating group) is 1. The van der Waals surface area contributed by atoms with Gasteiger partial charge in [-0.2, -0.15) is 4.98 Å². The maximum absolute atomic E-state index is 5.75. The van der Waals surface area contributed by atoms with Gasteiger partial charge in [-0.15, -0.1) is 0 Å². The predicted molar refractivity (Wildman–Crippen MR) is 65.6 cm³/mol. The van der Waals surface area contributed by atoms with Gasteiger partial charge in [0.2, 0.25) is 5.28 Å². The van der Waals surface area contributed by atoms with Crippen LogP contribution in [-0.4, -0.2) is 41.0 Å². The molecule has 0 amide bonds. The number of nitrogens with one attached hydrogen (secondary N) is 1. The third kappa shape index (κ3) is 2.54. The maximum Gasteiger partial charge on any atom is 0.224 e. The first-order valence-corrected chi connectivity index (χ1v) is 5.77. The van der Waals surface area contributed by atoms with Crippen LogP contribution >= 0.6 is 11.6 Å². The standard InChI is InChI=1S/C10H16ClN5/c1-16-4-2-3-7(16)5-13-9-8(12)6-14-10(11)15-9/h6-7H,2-5,12H2,1H3,(H,13,14,15). The molecule has 1 aromatic rings. The fourth-order valence-corrected chi connectivity index (χ4v) is 2.10. The molecule has 1 fully saturated rings. The van der Waals surface area contributed by atoms with E-state index in [-0.39, 0.29) is 5.28 Å². The molecule has 2 rings (SSSR count). The Kier molecular flexibility index (Phi) is 3.46. The van der Waals surface area contributed by atoms with Crippen molar-refractivity contribution in [2.45, 2.75) is 18.9 Å². The van der Waals surface area contributed by atoms with Crippen molar-refractivity contribution in [1.82, 2.24) is 14.9 Å². The van der Waals surface area contributed by atoms with Crippen molar-refractivity contribution in [3.63, 3.8) is 0 Å². The minimum atomic E-state index is 0.219. The maximum atomic E-state index is 5.75. The average Bonchev–Trinajstić information content (AvgIpc) is 2.66. The highest BCUT2D eigenvalue weighted by Crippen LogP contribution is 2.19. The molecule has 1 aliphatic heterocycles. The Morgan fingerprint density at radius 3 is 3.19 bits per heavy atom. The lowest BCUT2D eigenvalue weighted by atomic mass is 10.2. The highest BCUT2D eigenvalue weighted by Gasteiger charge is 2.20. The van der Waals surface area contributed by atoms with Gasteiger partial charge in [0.1, 0.15) is 0 Å². The van der Waals surface area contributed by atoms with E-state index in [1.807, 2.05) is 0 Å². The summed E-state index contributed by atoms with van der Waals surface area (Å²) in [6.07, 6.45) is 3.99.